The molecule has 25 heavy (non-hydrogen) atoms. The zero-order valence-corrected chi connectivity index (χ0v) is 14.4. The van der Waals surface area contributed by atoms with Gasteiger partial charge in [-0.2, -0.15) is 0 Å². The summed E-state index contributed by atoms with van der Waals surface area (Å²) in [5.74, 6) is 0.250. The standard InChI is InChI=1S/C21H15NO2S/c1-14-8-10-15(11-9-14)20(23)17(13-16-5-4-12-25-16)21-22-18-6-2-3-7-19(18)24-21/h2-13H,1H3. The number of benzene rings is 2. The average molecular weight is 345 g/mol. The minimum Gasteiger partial charge on any atom is -0.436 e. The molecule has 0 unspecified atom stereocenters. The van der Waals surface area contributed by atoms with Crippen LogP contribution in [0.1, 0.15) is 26.7 Å². The first-order valence-electron chi connectivity index (χ1n) is 7.93. The Labute approximate surface area is 149 Å². The summed E-state index contributed by atoms with van der Waals surface area (Å²) < 4.78 is 5.85. The van der Waals surface area contributed by atoms with Crippen LogP contribution in [0.4, 0.5) is 0 Å². The van der Waals surface area contributed by atoms with Crippen molar-refractivity contribution >= 4 is 39.9 Å². The van der Waals surface area contributed by atoms with E-state index in [1.165, 1.54) is 0 Å². The minimum absolute atomic E-state index is 0.0973. The summed E-state index contributed by atoms with van der Waals surface area (Å²) in [5.41, 5.74) is 3.61. The maximum absolute atomic E-state index is 13.1. The largest absolute Gasteiger partial charge is 0.436 e. The van der Waals surface area contributed by atoms with Crippen molar-refractivity contribution in [2.45, 2.75) is 6.92 Å². The molecule has 0 radical (unpaired) electrons. The fourth-order valence-corrected chi connectivity index (χ4v) is 3.25. The van der Waals surface area contributed by atoms with Crippen molar-refractivity contribution in [3.63, 3.8) is 0 Å². The molecule has 2 aromatic heterocycles. The summed E-state index contributed by atoms with van der Waals surface area (Å²) in [6, 6.07) is 19.0. The number of oxazole rings is 1. The van der Waals surface area contributed by atoms with Crippen LogP contribution in [0.5, 0.6) is 0 Å². The highest BCUT2D eigenvalue weighted by atomic mass is 32.1. The van der Waals surface area contributed by atoms with Crippen molar-refractivity contribution in [2.75, 3.05) is 0 Å². The van der Waals surface area contributed by atoms with E-state index in [9.17, 15) is 4.79 Å². The van der Waals surface area contributed by atoms with Gasteiger partial charge in [0.2, 0.25) is 5.89 Å². The van der Waals surface area contributed by atoms with Crippen LogP contribution in [0, 0.1) is 6.92 Å². The predicted octanol–water partition coefficient (Wildman–Crippen LogP) is 5.62. The number of rotatable bonds is 4. The lowest BCUT2D eigenvalue weighted by Gasteiger charge is -2.04. The van der Waals surface area contributed by atoms with E-state index in [0.29, 0.717) is 22.6 Å². The molecule has 0 aliphatic rings. The molecule has 4 rings (SSSR count). The van der Waals surface area contributed by atoms with Gasteiger partial charge in [-0.3, -0.25) is 4.79 Å². The van der Waals surface area contributed by atoms with Crippen molar-refractivity contribution in [1.82, 2.24) is 4.98 Å². The minimum atomic E-state index is -0.0973. The lowest BCUT2D eigenvalue weighted by atomic mass is 10.0. The number of ketones is 1. The maximum Gasteiger partial charge on any atom is 0.231 e. The molecule has 0 amide bonds. The molecule has 0 saturated carbocycles. The number of thiophene rings is 1. The zero-order valence-electron chi connectivity index (χ0n) is 13.6. The van der Waals surface area contributed by atoms with Gasteiger partial charge in [0, 0.05) is 10.4 Å². The Hall–Kier alpha value is -2.98. The van der Waals surface area contributed by atoms with Gasteiger partial charge in [0.15, 0.2) is 11.4 Å². The molecule has 0 aliphatic heterocycles. The number of allylic oxidation sites excluding steroid dienone is 1. The third kappa shape index (κ3) is 3.16. The molecule has 2 heterocycles. The molecule has 2 aromatic carbocycles. The number of aryl methyl sites for hydroxylation is 1. The monoisotopic (exact) mass is 345 g/mol. The lowest BCUT2D eigenvalue weighted by Crippen LogP contribution is -2.03. The van der Waals surface area contributed by atoms with Crippen LogP contribution in [-0.4, -0.2) is 10.8 Å². The summed E-state index contributed by atoms with van der Waals surface area (Å²) in [5, 5.41) is 1.98. The number of carbonyl (C=O) groups is 1. The van der Waals surface area contributed by atoms with Crippen molar-refractivity contribution in [1.29, 1.82) is 0 Å². The van der Waals surface area contributed by atoms with Gasteiger partial charge in [0.25, 0.3) is 0 Å². The van der Waals surface area contributed by atoms with Gasteiger partial charge in [0.1, 0.15) is 5.52 Å². The molecule has 122 valence electrons. The number of aromatic nitrogens is 1. The first kappa shape index (κ1) is 15.5. The Morgan fingerprint density at radius 2 is 1.84 bits per heavy atom. The Bertz CT molecular complexity index is 1020. The van der Waals surface area contributed by atoms with Crippen molar-refractivity contribution in [3.05, 3.63) is 87.9 Å². The fraction of sp³-hybridized carbons (Fsp3) is 0.0476. The molecule has 0 aliphatic carbocycles. The van der Waals surface area contributed by atoms with E-state index in [-0.39, 0.29) is 5.78 Å². The Morgan fingerprint density at radius 3 is 2.56 bits per heavy atom. The summed E-state index contributed by atoms with van der Waals surface area (Å²) in [6.07, 6.45) is 1.84. The normalized spacial score (nSPS) is 11.8. The SMILES string of the molecule is Cc1ccc(C(=O)C(=Cc2cccs2)c2nc3ccccc3o2)cc1. The van der Waals surface area contributed by atoms with Crippen LogP contribution < -0.4 is 0 Å². The lowest BCUT2D eigenvalue weighted by molar-refractivity contribution is 0.105. The molecular formula is C21H15NO2S. The fourth-order valence-electron chi connectivity index (χ4n) is 2.59. The van der Waals surface area contributed by atoms with Gasteiger partial charge >= 0.3 is 0 Å². The second-order valence-corrected chi connectivity index (χ2v) is 6.73. The summed E-state index contributed by atoms with van der Waals surface area (Å²) in [4.78, 5) is 18.6. The molecule has 0 N–H and O–H groups in total. The number of hydrogen-bond donors (Lipinski definition) is 0. The summed E-state index contributed by atoms with van der Waals surface area (Å²) >= 11 is 1.57. The van der Waals surface area contributed by atoms with Gasteiger partial charge in [-0.25, -0.2) is 4.98 Å². The number of hydrogen-bond acceptors (Lipinski definition) is 4. The van der Waals surface area contributed by atoms with Crippen LogP contribution in [-0.2, 0) is 0 Å². The molecular weight excluding hydrogens is 330 g/mol. The second-order valence-electron chi connectivity index (χ2n) is 5.76. The van der Waals surface area contributed by atoms with Crippen molar-refractivity contribution < 1.29 is 9.21 Å². The number of Topliss-reactive ketones (excluding diaryl/α,β-unsaturated/α-hetero) is 1. The first-order chi connectivity index (χ1) is 12.2. The van der Waals surface area contributed by atoms with Gasteiger partial charge < -0.3 is 4.42 Å². The van der Waals surface area contributed by atoms with Crippen LogP contribution in [0.15, 0.2) is 70.5 Å². The van der Waals surface area contributed by atoms with E-state index in [2.05, 4.69) is 4.98 Å². The van der Waals surface area contributed by atoms with E-state index < -0.39 is 0 Å². The molecule has 3 nitrogen and oxygen atoms in total. The highest BCUT2D eigenvalue weighted by Crippen LogP contribution is 2.27. The van der Waals surface area contributed by atoms with Gasteiger partial charge in [-0.1, -0.05) is 48.0 Å². The topological polar surface area (TPSA) is 43.1 Å². The first-order valence-corrected chi connectivity index (χ1v) is 8.81. The van der Waals surface area contributed by atoms with Crippen molar-refractivity contribution in [3.8, 4) is 0 Å². The van der Waals surface area contributed by atoms with E-state index in [0.717, 1.165) is 16.0 Å². The Kier molecular flexibility index (Phi) is 4.04. The van der Waals surface area contributed by atoms with Gasteiger partial charge in [-0.05, 0) is 36.6 Å². The second kappa shape index (κ2) is 6.49. The molecule has 4 heteroatoms. The highest BCUT2D eigenvalue weighted by molar-refractivity contribution is 7.11. The number of fused-ring (bicyclic) bond motifs is 1. The third-order valence-electron chi connectivity index (χ3n) is 3.91. The van der Waals surface area contributed by atoms with Crippen LogP contribution in [0.3, 0.4) is 0 Å². The molecule has 4 aromatic rings. The molecule has 0 bridgehead atoms. The molecule has 0 saturated heterocycles. The highest BCUT2D eigenvalue weighted by Gasteiger charge is 2.20. The summed E-state index contributed by atoms with van der Waals surface area (Å²) in [7, 11) is 0. The predicted molar refractivity (Wildman–Crippen MR) is 102 cm³/mol. The summed E-state index contributed by atoms with van der Waals surface area (Å²) in [6.45, 7) is 2.00. The molecule has 0 atom stereocenters. The zero-order chi connectivity index (χ0) is 17.2. The molecule has 0 fully saturated rings. The Morgan fingerprint density at radius 1 is 1.04 bits per heavy atom. The average Bonchev–Trinajstić information content (AvgIpc) is 3.29. The van der Waals surface area contributed by atoms with E-state index in [4.69, 9.17) is 4.42 Å². The van der Waals surface area contributed by atoms with E-state index in [1.54, 1.807) is 11.3 Å². The van der Waals surface area contributed by atoms with Gasteiger partial charge in [-0.15, -0.1) is 11.3 Å². The van der Waals surface area contributed by atoms with Crippen molar-refractivity contribution in [2.24, 2.45) is 0 Å². The number of para-hydroxylation sites is 2. The quantitative estimate of drug-likeness (QED) is 0.356. The van der Waals surface area contributed by atoms with Crippen LogP contribution in [0.25, 0.3) is 22.7 Å². The van der Waals surface area contributed by atoms with Crippen LogP contribution >= 0.6 is 11.3 Å². The van der Waals surface area contributed by atoms with E-state index in [1.807, 2.05) is 79.0 Å². The maximum atomic E-state index is 13.1. The third-order valence-corrected chi connectivity index (χ3v) is 4.73. The van der Waals surface area contributed by atoms with Gasteiger partial charge in [0.05, 0.1) is 5.57 Å². The smallest absolute Gasteiger partial charge is 0.231 e. The van der Waals surface area contributed by atoms with E-state index >= 15 is 0 Å². The number of nitrogens with zero attached hydrogens (tertiary/aromatic N) is 1. The Balaban J connectivity index is 1.84. The van der Waals surface area contributed by atoms with Crippen LogP contribution in [0.2, 0.25) is 0 Å². The molecule has 0 spiro atoms. The number of carbonyl (C=O) groups excluding carboxylic acids is 1.